The second-order valence-corrected chi connectivity index (χ2v) is 4.26. The SMILES string of the molecule is O=C(NCc1cccc(Cl)c1)c1ccc(F)cc1. The van der Waals surface area contributed by atoms with Gasteiger partial charge in [-0.25, -0.2) is 4.39 Å². The Hall–Kier alpha value is -1.87. The summed E-state index contributed by atoms with van der Waals surface area (Å²) in [5, 5.41) is 3.37. The van der Waals surface area contributed by atoms with Gasteiger partial charge in [0.15, 0.2) is 0 Å². The summed E-state index contributed by atoms with van der Waals surface area (Å²) < 4.78 is 12.7. The van der Waals surface area contributed by atoms with Crippen LogP contribution >= 0.6 is 11.6 Å². The van der Waals surface area contributed by atoms with Gasteiger partial charge in [0, 0.05) is 17.1 Å². The monoisotopic (exact) mass is 263 g/mol. The molecule has 0 saturated carbocycles. The van der Waals surface area contributed by atoms with Crippen molar-refractivity contribution in [3.8, 4) is 0 Å². The first-order valence-corrected chi connectivity index (χ1v) is 5.81. The van der Waals surface area contributed by atoms with Gasteiger partial charge < -0.3 is 5.32 Å². The summed E-state index contributed by atoms with van der Waals surface area (Å²) in [6, 6.07) is 12.7. The lowest BCUT2D eigenvalue weighted by molar-refractivity contribution is 0.0951. The van der Waals surface area contributed by atoms with E-state index < -0.39 is 0 Å². The molecule has 92 valence electrons. The fourth-order valence-electron chi connectivity index (χ4n) is 1.53. The number of benzene rings is 2. The predicted molar refractivity (Wildman–Crippen MR) is 69.0 cm³/mol. The van der Waals surface area contributed by atoms with Crippen molar-refractivity contribution in [1.82, 2.24) is 5.32 Å². The van der Waals surface area contributed by atoms with E-state index in [2.05, 4.69) is 5.32 Å². The Kier molecular flexibility index (Phi) is 3.95. The van der Waals surface area contributed by atoms with Crippen molar-refractivity contribution in [2.24, 2.45) is 0 Å². The standard InChI is InChI=1S/C14H11ClFNO/c15-12-3-1-2-10(8-12)9-17-14(18)11-4-6-13(16)7-5-11/h1-8H,9H2,(H,17,18). The molecule has 1 amide bonds. The molecule has 2 nitrogen and oxygen atoms in total. The molecule has 0 aliphatic carbocycles. The molecule has 0 aliphatic heterocycles. The maximum atomic E-state index is 12.7. The highest BCUT2D eigenvalue weighted by molar-refractivity contribution is 6.30. The molecule has 0 unspecified atom stereocenters. The van der Waals surface area contributed by atoms with E-state index in [-0.39, 0.29) is 11.7 Å². The largest absolute Gasteiger partial charge is 0.348 e. The van der Waals surface area contributed by atoms with E-state index in [0.717, 1.165) is 5.56 Å². The maximum Gasteiger partial charge on any atom is 0.251 e. The van der Waals surface area contributed by atoms with E-state index >= 15 is 0 Å². The van der Waals surface area contributed by atoms with Crippen LogP contribution in [0.25, 0.3) is 0 Å². The van der Waals surface area contributed by atoms with Crippen molar-refractivity contribution < 1.29 is 9.18 Å². The number of carbonyl (C=O) groups excluding carboxylic acids is 1. The summed E-state index contributed by atoms with van der Waals surface area (Å²) in [5.74, 6) is -0.601. The summed E-state index contributed by atoms with van der Waals surface area (Å²) >= 11 is 5.84. The Morgan fingerprint density at radius 3 is 2.56 bits per heavy atom. The number of hydrogen-bond acceptors (Lipinski definition) is 1. The summed E-state index contributed by atoms with van der Waals surface area (Å²) in [6.45, 7) is 0.386. The quantitative estimate of drug-likeness (QED) is 0.903. The summed E-state index contributed by atoms with van der Waals surface area (Å²) in [4.78, 5) is 11.7. The molecule has 0 aromatic heterocycles. The third kappa shape index (κ3) is 3.31. The number of carbonyl (C=O) groups is 1. The topological polar surface area (TPSA) is 29.1 Å². The number of nitrogens with one attached hydrogen (secondary N) is 1. The molecule has 0 heterocycles. The zero-order valence-corrected chi connectivity index (χ0v) is 10.2. The van der Waals surface area contributed by atoms with Crippen LogP contribution in [0.15, 0.2) is 48.5 Å². The molecule has 0 spiro atoms. The van der Waals surface area contributed by atoms with Gasteiger partial charge in [0.05, 0.1) is 0 Å². The van der Waals surface area contributed by atoms with Crippen LogP contribution in [0, 0.1) is 5.82 Å². The van der Waals surface area contributed by atoms with Crippen LogP contribution in [-0.4, -0.2) is 5.91 Å². The van der Waals surface area contributed by atoms with Crippen LogP contribution in [0.4, 0.5) is 4.39 Å². The van der Waals surface area contributed by atoms with E-state index in [9.17, 15) is 9.18 Å². The van der Waals surface area contributed by atoms with Crippen LogP contribution in [0.1, 0.15) is 15.9 Å². The fraction of sp³-hybridized carbons (Fsp3) is 0.0714. The van der Waals surface area contributed by atoms with Crippen LogP contribution in [0.5, 0.6) is 0 Å². The minimum absolute atomic E-state index is 0.241. The minimum Gasteiger partial charge on any atom is -0.348 e. The Bertz CT molecular complexity index is 554. The van der Waals surface area contributed by atoms with Gasteiger partial charge in [-0.05, 0) is 42.0 Å². The highest BCUT2D eigenvalue weighted by Crippen LogP contribution is 2.10. The van der Waals surface area contributed by atoms with E-state index in [1.807, 2.05) is 12.1 Å². The molecule has 0 aliphatic rings. The molecule has 0 bridgehead atoms. The summed E-state index contributed by atoms with van der Waals surface area (Å²) in [6.07, 6.45) is 0. The Labute approximate surface area is 109 Å². The molecule has 2 aromatic rings. The van der Waals surface area contributed by atoms with Gasteiger partial charge >= 0.3 is 0 Å². The number of rotatable bonds is 3. The Balaban J connectivity index is 1.98. The van der Waals surface area contributed by atoms with Gasteiger partial charge in [0.1, 0.15) is 5.82 Å². The van der Waals surface area contributed by atoms with Crippen molar-refractivity contribution in [3.63, 3.8) is 0 Å². The normalized spacial score (nSPS) is 10.1. The molecular formula is C14H11ClFNO. The molecule has 2 rings (SSSR count). The number of amides is 1. The van der Waals surface area contributed by atoms with Crippen LogP contribution in [-0.2, 0) is 6.54 Å². The number of halogens is 2. The van der Waals surface area contributed by atoms with Gasteiger partial charge in [-0.15, -0.1) is 0 Å². The van der Waals surface area contributed by atoms with Crippen molar-refractivity contribution >= 4 is 17.5 Å². The van der Waals surface area contributed by atoms with Crippen molar-refractivity contribution in [1.29, 1.82) is 0 Å². The van der Waals surface area contributed by atoms with Gasteiger partial charge in [0.2, 0.25) is 0 Å². The van der Waals surface area contributed by atoms with Crippen molar-refractivity contribution in [2.75, 3.05) is 0 Å². The molecule has 18 heavy (non-hydrogen) atoms. The minimum atomic E-state index is -0.360. The summed E-state index contributed by atoms with van der Waals surface area (Å²) in [5.41, 5.74) is 1.34. The molecule has 0 saturated heterocycles. The van der Waals surface area contributed by atoms with Gasteiger partial charge in [-0.1, -0.05) is 23.7 Å². The predicted octanol–water partition coefficient (Wildman–Crippen LogP) is 3.41. The number of hydrogen-bond donors (Lipinski definition) is 1. The van der Waals surface area contributed by atoms with E-state index in [0.29, 0.717) is 17.1 Å². The average Bonchev–Trinajstić information content (AvgIpc) is 2.37. The van der Waals surface area contributed by atoms with Gasteiger partial charge in [0.25, 0.3) is 5.91 Å². The van der Waals surface area contributed by atoms with E-state index in [1.165, 1.54) is 24.3 Å². The van der Waals surface area contributed by atoms with Crippen molar-refractivity contribution in [3.05, 3.63) is 70.5 Å². The van der Waals surface area contributed by atoms with E-state index in [1.54, 1.807) is 12.1 Å². The first-order chi connectivity index (χ1) is 8.65. The Morgan fingerprint density at radius 2 is 1.89 bits per heavy atom. The van der Waals surface area contributed by atoms with E-state index in [4.69, 9.17) is 11.6 Å². The average molecular weight is 264 g/mol. The maximum absolute atomic E-state index is 12.7. The first-order valence-electron chi connectivity index (χ1n) is 5.43. The van der Waals surface area contributed by atoms with Crippen molar-refractivity contribution in [2.45, 2.75) is 6.54 Å². The highest BCUT2D eigenvalue weighted by atomic mass is 35.5. The third-order valence-corrected chi connectivity index (χ3v) is 2.68. The molecule has 2 aromatic carbocycles. The van der Waals surface area contributed by atoms with Crippen LogP contribution in [0.2, 0.25) is 5.02 Å². The molecule has 0 atom stereocenters. The van der Waals surface area contributed by atoms with Crippen LogP contribution in [0.3, 0.4) is 0 Å². The molecule has 0 radical (unpaired) electrons. The highest BCUT2D eigenvalue weighted by Gasteiger charge is 2.05. The third-order valence-electron chi connectivity index (χ3n) is 2.45. The Morgan fingerprint density at radius 1 is 1.17 bits per heavy atom. The molecule has 1 N–H and O–H groups in total. The molecular weight excluding hydrogens is 253 g/mol. The first kappa shape index (κ1) is 12.6. The molecule has 0 fully saturated rings. The smallest absolute Gasteiger partial charge is 0.251 e. The molecule has 4 heteroatoms. The lowest BCUT2D eigenvalue weighted by atomic mass is 10.2. The second-order valence-electron chi connectivity index (χ2n) is 3.82. The summed E-state index contributed by atoms with van der Waals surface area (Å²) in [7, 11) is 0. The van der Waals surface area contributed by atoms with Gasteiger partial charge in [-0.2, -0.15) is 0 Å². The second kappa shape index (κ2) is 5.65. The fourth-order valence-corrected chi connectivity index (χ4v) is 1.75. The lowest BCUT2D eigenvalue weighted by Crippen LogP contribution is -2.22. The zero-order chi connectivity index (χ0) is 13.0. The van der Waals surface area contributed by atoms with Crippen LogP contribution < -0.4 is 5.32 Å². The lowest BCUT2D eigenvalue weighted by Gasteiger charge is -2.05. The zero-order valence-electron chi connectivity index (χ0n) is 9.49. The van der Waals surface area contributed by atoms with Gasteiger partial charge in [-0.3, -0.25) is 4.79 Å².